The number of rotatable bonds is 4. The van der Waals surface area contributed by atoms with Crippen molar-refractivity contribution < 1.29 is 9.59 Å². The van der Waals surface area contributed by atoms with Gasteiger partial charge in [0, 0.05) is 18.3 Å². The number of halogens is 3. The summed E-state index contributed by atoms with van der Waals surface area (Å²) >= 11 is 18.4. The zero-order valence-corrected chi connectivity index (χ0v) is 17.0. The molecule has 7 nitrogen and oxygen atoms in total. The Hall–Kier alpha value is -2.61. The van der Waals surface area contributed by atoms with Crippen molar-refractivity contribution in [1.82, 2.24) is 20.1 Å². The van der Waals surface area contributed by atoms with Gasteiger partial charge in [0.1, 0.15) is 5.69 Å². The van der Waals surface area contributed by atoms with Gasteiger partial charge in [-0.1, -0.05) is 34.8 Å². The van der Waals surface area contributed by atoms with E-state index in [1.807, 2.05) is 0 Å². The molecule has 3 aromatic rings. The molecule has 0 aliphatic rings. The van der Waals surface area contributed by atoms with Gasteiger partial charge in [-0.3, -0.25) is 9.59 Å². The van der Waals surface area contributed by atoms with Crippen LogP contribution < -0.4 is 10.6 Å². The molecule has 0 aliphatic carbocycles. The monoisotopic (exact) mass is 437 g/mol. The van der Waals surface area contributed by atoms with Gasteiger partial charge in [-0.05, 0) is 37.3 Å². The largest absolute Gasteiger partial charge is 0.355 e. The van der Waals surface area contributed by atoms with Crippen LogP contribution >= 0.6 is 34.8 Å². The van der Waals surface area contributed by atoms with E-state index in [0.29, 0.717) is 16.5 Å². The SMILES string of the molecule is CNC(=O)c1cc(Cl)cc(Cl)c1NC(=O)c1cc(C)nn1-c1ncccc1Cl. The van der Waals surface area contributed by atoms with Gasteiger partial charge in [-0.2, -0.15) is 5.10 Å². The number of amides is 2. The smallest absolute Gasteiger partial charge is 0.274 e. The molecule has 0 aliphatic heterocycles. The normalized spacial score (nSPS) is 10.6. The maximum atomic E-state index is 13.0. The molecule has 144 valence electrons. The zero-order chi connectivity index (χ0) is 20.4. The number of hydrogen-bond acceptors (Lipinski definition) is 4. The minimum atomic E-state index is -0.545. The summed E-state index contributed by atoms with van der Waals surface area (Å²) in [6.45, 7) is 1.73. The van der Waals surface area contributed by atoms with E-state index in [1.165, 1.54) is 23.9 Å². The standard InChI is InChI=1S/C18H14Cl3N5O2/c1-9-6-14(26(25-9)16-12(20)4-3-5-23-16)18(28)24-15-11(17(27)22-2)7-10(19)8-13(15)21/h3-8H,1-2H3,(H,22,27)(H,24,28). The van der Waals surface area contributed by atoms with E-state index in [1.54, 1.807) is 31.3 Å². The zero-order valence-electron chi connectivity index (χ0n) is 14.8. The van der Waals surface area contributed by atoms with Crippen molar-refractivity contribution >= 4 is 52.3 Å². The molecule has 0 spiro atoms. The third kappa shape index (κ3) is 3.96. The molecule has 1 aromatic carbocycles. The molecule has 0 fully saturated rings. The van der Waals surface area contributed by atoms with Gasteiger partial charge >= 0.3 is 0 Å². The van der Waals surface area contributed by atoms with Crippen molar-refractivity contribution in [3.63, 3.8) is 0 Å². The number of nitrogens with one attached hydrogen (secondary N) is 2. The lowest BCUT2D eigenvalue weighted by Gasteiger charge is -2.13. The first-order valence-electron chi connectivity index (χ1n) is 8.02. The summed E-state index contributed by atoms with van der Waals surface area (Å²) in [7, 11) is 1.46. The van der Waals surface area contributed by atoms with E-state index in [0.717, 1.165) is 0 Å². The summed E-state index contributed by atoms with van der Waals surface area (Å²) in [6.07, 6.45) is 1.54. The highest BCUT2D eigenvalue weighted by atomic mass is 35.5. The minimum Gasteiger partial charge on any atom is -0.355 e. The van der Waals surface area contributed by atoms with Gasteiger partial charge in [0.25, 0.3) is 11.8 Å². The lowest BCUT2D eigenvalue weighted by Crippen LogP contribution is -2.23. The quantitative estimate of drug-likeness (QED) is 0.640. The molecule has 10 heteroatoms. The summed E-state index contributed by atoms with van der Waals surface area (Å²) in [5, 5.41) is 10.2. The minimum absolute atomic E-state index is 0.123. The van der Waals surface area contributed by atoms with E-state index in [-0.39, 0.29) is 27.0 Å². The number of hydrogen-bond donors (Lipinski definition) is 2. The number of carbonyl (C=O) groups excluding carboxylic acids is 2. The summed E-state index contributed by atoms with van der Waals surface area (Å²) in [5.41, 5.74) is 1.02. The van der Waals surface area contributed by atoms with E-state index >= 15 is 0 Å². The van der Waals surface area contributed by atoms with Crippen LogP contribution in [-0.4, -0.2) is 33.6 Å². The van der Waals surface area contributed by atoms with Gasteiger partial charge in [-0.15, -0.1) is 0 Å². The average molecular weight is 439 g/mol. The number of carbonyl (C=O) groups is 2. The summed E-state index contributed by atoms with van der Waals surface area (Å²) in [5.74, 6) is -0.690. The van der Waals surface area contributed by atoms with Crippen LogP contribution in [-0.2, 0) is 0 Å². The second kappa shape index (κ2) is 8.18. The van der Waals surface area contributed by atoms with Gasteiger partial charge in [0.05, 0.1) is 27.0 Å². The first-order valence-corrected chi connectivity index (χ1v) is 9.15. The average Bonchev–Trinajstić information content (AvgIpc) is 3.05. The van der Waals surface area contributed by atoms with Crippen LogP contribution in [0.3, 0.4) is 0 Å². The Kier molecular flexibility index (Phi) is 5.88. The molecule has 2 heterocycles. The van der Waals surface area contributed by atoms with E-state index in [4.69, 9.17) is 34.8 Å². The van der Waals surface area contributed by atoms with E-state index in [9.17, 15) is 9.59 Å². The highest BCUT2D eigenvalue weighted by Gasteiger charge is 2.22. The third-order valence-corrected chi connectivity index (χ3v) is 4.58. The molecular weight excluding hydrogens is 425 g/mol. The molecule has 2 N–H and O–H groups in total. The molecule has 2 amide bonds. The van der Waals surface area contributed by atoms with Crippen LogP contribution in [0.2, 0.25) is 15.1 Å². The topological polar surface area (TPSA) is 88.9 Å². The predicted octanol–water partition coefficient (Wildman–Crippen LogP) is 4.15. The molecule has 0 bridgehead atoms. The van der Waals surface area contributed by atoms with Crippen molar-refractivity contribution in [3.05, 3.63) is 68.5 Å². The molecule has 28 heavy (non-hydrogen) atoms. The first kappa shape index (κ1) is 20.1. The fraction of sp³-hybridized carbons (Fsp3) is 0.111. The van der Waals surface area contributed by atoms with E-state index < -0.39 is 11.8 Å². The van der Waals surface area contributed by atoms with Crippen LogP contribution in [0.15, 0.2) is 36.5 Å². The number of aryl methyl sites for hydroxylation is 1. The molecule has 0 saturated heterocycles. The fourth-order valence-corrected chi connectivity index (χ4v) is 3.29. The summed E-state index contributed by atoms with van der Waals surface area (Å²) < 4.78 is 1.33. The number of benzene rings is 1. The summed E-state index contributed by atoms with van der Waals surface area (Å²) in [4.78, 5) is 29.3. The summed E-state index contributed by atoms with van der Waals surface area (Å²) in [6, 6.07) is 7.74. The molecule has 3 rings (SSSR count). The van der Waals surface area contributed by atoms with Crippen LogP contribution in [0, 0.1) is 6.92 Å². The number of anilines is 1. The molecule has 0 unspecified atom stereocenters. The van der Waals surface area contributed by atoms with Crippen LogP contribution in [0.5, 0.6) is 0 Å². The maximum Gasteiger partial charge on any atom is 0.274 e. The molecular formula is C18H14Cl3N5O2. The van der Waals surface area contributed by atoms with Gasteiger partial charge in [0.15, 0.2) is 5.82 Å². The molecule has 0 radical (unpaired) electrons. The Labute approximate surface area is 175 Å². The van der Waals surface area contributed by atoms with Crippen LogP contribution in [0.4, 0.5) is 5.69 Å². The Balaban J connectivity index is 2.05. The van der Waals surface area contributed by atoms with Gasteiger partial charge in [-0.25, -0.2) is 9.67 Å². The van der Waals surface area contributed by atoms with Gasteiger partial charge in [0.2, 0.25) is 0 Å². The first-order chi connectivity index (χ1) is 13.3. The van der Waals surface area contributed by atoms with Crippen molar-refractivity contribution in [2.24, 2.45) is 0 Å². The van der Waals surface area contributed by atoms with Crippen LogP contribution in [0.1, 0.15) is 26.5 Å². The highest BCUT2D eigenvalue weighted by molar-refractivity contribution is 6.38. The predicted molar refractivity (Wildman–Crippen MR) is 109 cm³/mol. The van der Waals surface area contributed by atoms with Crippen molar-refractivity contribution in [3.8, 4) is 5.82 Å². The van der Waals surface area contributed by atoms with Crippen molar-refractivity contribution in [2.45, 2.75) is 6.92 Å². The van der Waals surface area contributed by atoms with Crippen molar-refractivity contribution in [2.75, 3.05) is 12.4 Å². The fourth-order valence-electron chi connectivity index (χ4n) is 2.55. The maximum absolute atomic E-state index is 13.0. The Morgan fingerprint density at radius 2 is 1.82 bits per heavy atom. The lowest BCUT2D eigenvalue weighted by molar-refractivity contribution is 0.0964. The number of aromatic nitrogens is 3. The Morgan fingerprint density at radius 1 is 1.07 bits per heavy atom. The third-order valence-electron chi connectivity index (χ3n) is 3.77. The second-order valence-corrected chi connectivity index (χ2v) is 6.99. The highest BCUT2D eigenvalue weighted by Crippen LogP contribution is 2.31. The molecule has 0 saturated carbocycles. The van der Waals surface area contributed by atoms with E-state index in [2.05, 4.69) is 20.7 Å². The lowest BCUT2D eigenvalue weighted by atomic mass is 10.1. The second-order valence-electron chi connectivity index (χ2n) is 5.74. The Morgan fingerprint density at radius 3 is 2.50 bits per heavy atom. The van der Waals surface area contributed by atoms with Crippen molar-refractivity contribution in [1.29, 1.82) is 0 Å². The number of nitrogens with zero attached hydrogens (tertiary/aromatic N) is 3. The van der Waals surface area contributed by atoms with Crippen LogP contribution in [0.25, 0.3) is 5.82 Å². The van der Waals surface area contributed by atoms with Gasteiger partial charge < -0.3 is 10.6 Å². The molecule has 2 aromatic heterocycles. The Bertz CT molecular complexity index is 1080. The number of pyridine rings is 1. The molecule has 0 atom stereocenters.